The van der Waals surface area contributed by atoms with E-state index in [1.807, 2.05) is 6.92 Å². The third kappa shape index (κ3) is 6.12. The number of benzene rings is 2. The van der Waals surface area contributed by atoms with Gasteiger partial charge < -0.3 is 21.5 Å². The van der Waals surface area contributed by atoms with Gasteiger partial charge in [0, 0.05) is 6.54 Å². The Kier molecular flexibility index (Phi) is 7.56. The molecular weight excluding hydrogens is 356 g/mol. The van der Waals surface area contributed by atoms with Crippen molar-refractivity contribution >= 4 is 23.5 Å². The van der Waals surface area contributed by atoms with E-state index in [4.69, 9.17) is 16.2 Å². The van der Waals surface area contributed by atoms with Crippen LogP contribution in [0.4, 0.5) is 5.69 Å². The number of ether oxygens (including phenoxy) is 1. The van der Waals surface area contributed by atoms with Crippen LogP contribution in [0.25, 0.3) is 0 Å². The molecule has 0 saturated carbocycles. The number of guanidine groups is 1. The molecule has 0 spiro atoms. The molecule has 7 heteroatoms. The fourth-order valence-corrected chi connectivity index (χ4v) is 2.50. The van der Waals surface area contributed by atoms with Crippen molar-refractivity contribution in [2.24, 2.45) is 16.5 Å². The van der Waals surface area contributed by atoms with Gasteiger partial charge in [-0.15, -0.1) is 0 Å². The molecule has 2 aromatic rings. The number of hydrogen-bond acceptors (Lipinski definition) is 4. The van der Waals surface area contributed by atoms with Crippen molar-refractivity contribution in [3.63, 3.8) is 0 Å². The molecule has 0 aliphatic carbocycles. The molecule has 2 aromatic carbocycles. The molecule has 0 aromatic heterocycles. The van der Waals surface area contributed by atoms with Gasteiger partial charge in [0.1, 0.15) is 5.75 Å². The zero-order valence-electron chi connectivity index (χ0n) is 16.1. The number of unbranched alkanes of at least 4 members (excludes halogenated alkanes) is 1. The first-order valence-corrected chi connectivity index (χ1v) is 9.20. The van der Waals surface area contributed by atoms with Crippen LogP contribution in [0.5, 0.6) is 5.75 Å². The highest BCUT2D eigenvalue weighted by Crippen LogP contribution is 2.21. The Labute approximate surface area is 164 Å². The largest absolute Gasteiger partial charge is 0.423 e. The zero-order chi connectivity index (χ0) is 20.5. The second-order valence-corrected chi connectivity index (χ2v) is 6.41. The molecule has 0 aliphatic heterocycles. The van der Waals surface area contributed by atoms with Crippen molar-refractivity contribution in [2.75, 3.05) is 6.54 Å². The number of carbonyl (C=O) groups excluding carboxylic acids is 2. The molecule has 1 unspecified atom stereocenters. The standard InChI is InChI=1S/C21H26N4O3/c1-3-4-13-24-19(26)14(2)15-7-11-18(12-8-15)28-20(27)16-5-9-17(10-6-16)25-21(22)23/h5-12,14H,3-4,13H2,1-2H3,(H,24,26)(H4,22,23,25). The topological polar surface area (TPSA) is 120 Å². The summed E-state index contributed by atoms with van der Waals surface area (Å²) < 4.78 is 5.37. The van der Waals surface area contributed by atoms with E-state index >= 15 is 0 Å². The average molecular weight is 382 g/mol. The number of aliphatic imine (C=N–C) groups is 1. The number of nitrogens with zero attached hydrogens (tertiary/aromatic N) is 1. The number of carbonyl (C=O) groups is 2. The van der Waals surface area contributed by atoms with Crippen LogP contribution in [0.1, 0.15) is 48.5 Å². The molecule has 0 fully saturated rings. The van der Waals surface area contributed by atoms with Crippen molar-refractivity contribution in [3.8, 4) is 5.75 Å². The lowest BCUT2D eigenvalue weighted by molar-refractivity contribution is -0.122. The first-order valence-electron chi connectivity index (χ1n) is 9.20. The van der Waals surface area contributed by atoms with Gasteiger partial charge in [-0.1, -0.05) is 25.5 Å². The van der Waals surface area contributed by atoms with Gasteiger partial charge in [0.15, 0.2) is 5.96 Å². The SMILES string of the molecule is CCCCNC(=O)C(C)c1ccc(OC(=O)c2ccc(N=C(N)N)cc2)cc1. The van der Waals surface area contributed by atoms with Crippen molar-refractivity contribution in [1.82, 2.24) is 5.32 Å². The maximum Gasteiger partial charge on any atom is 0.343 e. The molecule has 1 amide bonds. The molecule has 148 valence electrons. The Morgan fingerprint density at radius 3 is 2.29 bits per heavy atom. The Morgan fingerprint density at radius 2 is 1.71 bits per heavy atom. The third-order valence-electron chi connectivity index (χ3n) is 4.17. The van der Waals surface area contributed by atoms with Crippen LogP contribution in [-0.2, 0) is 4.79 Å². The van der Waals surface area contributed by atoms with Crippen LogP contribution in [-0.4, -0.2) is 24.4 Å². The predicted octanol–water partition coefficient (Wildman–Crippen LogP) is 2.83. The summed E-state index contributed by atoms with van der Waals surface area (Å²) in [7, 11) is 0. The smallest absolute Gasteiger partial charge is 0.343 e. The minimum atomic E-state index is -0.491. The maximum absolute atomic E-state index is 12.2. The molecule has 2 rings (SSSR count). The van der Waals surface area contributed by atoms with Gasteiger partial charge in [-0.05, 0) is 55.3 Å². The number of nitrogens with two attached hydrogens (primary N) is 2. The minimum Gasteiger partial charge on any atom is -0.423 e. The van der Waals surface area contributed by atoms with Gasteiger partial charge in [-0.2, -0.15) is 0 Å². The van der Waals surface area contributed by atoms with Crippen LogP contribution in [0.2, 0.25) is 0 Å². The van der Waals surface area contributed by atoms with Crippen molar-refractivity contribution in [1.29, 1.82) is 0 Å². The fourth-order valence-electron chi connectivity index (χ4n) is 2.50. The molecule has 28 heavy (non-hydrogen) atoms. The monoisotopic (exact) mass is 382 g/mol. The van der Waals surface area contributed by atoms with Gasteiger partial charge in [0.2, 0.25) is 5.91 Å². The van der Waals surface area contributed by atoms with Crippen molar-refractivity contribution in [3.05, 3.63) is 59.7 Å². The fraction of sp³-hybridized carbons (Fsp3) is 0.286. The Bertz CT molecular complexity index is 826. The number of esters is 1. The molecule has 1 atom stereocenters. The molecule has 0 bridgehead atoms. The lowest BCUT2D eigenvalue weighted by atomic mass is 10.0. The van der Waals surface area contributed by atoms with E-state index in [0.29, 0.717) is 23.5 Å². The average Bonchev–Trinajstić information content (AvgIpc) is 2.68. The molecule has 0 radical (unpaired) electrons. The van der Waals surface area contributed by atoms with Gasteiger partial charge >= 0.3 is 5.97 Å². The molecular formula is C21H26N4O3. The number of amides is 1. The summed E-state index contributed by atoms with van der Waals surface area (Å²) in [6, 6.07) is 13.3. The van der Waals surface area contributed by atoms with E-state index in [9.17, 15) is 9.59 Å². The molecule has 7 nitrogen and oxygen atoms in total. The zero-order valence-corrected chi connectivity index (χ0v) is 16.1. The highest BCUT2D eigenvalue weighted by Gasteiger charge is 2.15. The quantitative estimate of drug-likeness (QED) is 0.213. The van der Waals surface area contributed by atoms with E-state index in [0.717, 1.165) is 18.4 Å². The molecule has 0 saturated heterocycles. The van der Waals surface area contributed by atoms with Gasteiger partial charge in [-0.25, -0.2) is 9.79 Å². The second-order valence-electron chi connectivity index (χ2n) is 6.41. The van der Waals surface area contributed by atoms with Gasteiger partial charge in [0.05, 0.1) is 17.2 Å². The van der Waals surface area contributed by atoms with E-state index in [1.165, 1.54) is 0 Å². The summed E-state index contributed by atoms with van der Waals surface area (Å²) in [4.78, 5) is 28.3. The number of nitrogens with one attached hydrogen (secondary N) is 1. The van der Waals surface area contributed by atoms with E-state index < -0.39 is 5.97 Å². The number of hydrogen-bond donors (Lipinski definition) is 3. The lowest BCUT2D eigenvalue weighted by Gasteiger charge is -2.13. The van der Waals surface area contributed by atoms with Gasteiger partial charge in [-0.3, -0.25) is 4.79 Å². The van der Waals surface area contributed by atoms with E-state index in [-0.39, 0.29) is 17.8 Å². The Morgan fingerprint density at radius 1 is 1.07 bits per heavy atom. The van der Waals surface area contributed by atoms with Crippen molar-refractivity contribution in [2.45, 2.75) is 32.6 Å². The predicted molar refractivity (Wildman–Crippen MR) is 110 cm³/mol. The highest BCUT2D eigenvalue weighted by atomic mass is 16.5. The maximum atomic E-state index is 12.2. The lowest BCUT2D eigenvalue weighted by Crippen LogP contribution is -2.28. The first-order chi connectivity index (χ1) is 13.4. The normalized spacial score (nSPS) is 11.4. The van der Waals surface area contributed by atoms with E-state index in [2.05, 4.69) is 17.2 Å². The molecule has 0 aliphatic rings. The van der Waals surface area contributed by atoms with Crippen LogP contribution in [0.3, 0.4) is 0 Å². The Balaban J connectivity index is 1.97. The summed E-state index contributed by atoms with van der Waals surface area (Å²) in [5, 5.41) is 2.92. The summed E-state index contributed by atoms with van der Waals surface area (Å²) in [6.45, 7) is 4.60. The summed E-state index contributed by atoms with van der Waals surface area (Å²) >= 11 is 0. The first kappa shape index (κ1) is 21.0. The van der Waals surface area contributed by atoms with Crippen LogP contribution >= 0.6 is 0 Å². The summed E-state index contributed by atoms with van der Waals surface area (Å²) in [6.07, 6.45) is 1.99. The third-order valence-corrected chi connectivity index (χ3v) is 4.17. The molecule has 5 N–H and O–H groups in total. The van der Waals surface area contributed by atoms with Crippen LogP contribution < -0.4 is 21.5 Å². The van der Waals surface area contributed by atoms with Gasteiger partial charge in [0.25, 0.3) is 0 Å². The highest BCUT2D eigenvalue weighted by molar-refractivity contribution is 5.91. The molecule has 0 heterocycles. The van der Waals surface area contributed by atoms with E-state index in [1.54, 1.807) is 48.5 Å². The number of rotatable bonds is 8. The Hall–Kier alpha value is -3.35. The van der Waals surface area contributed by atoms with Crippen molar-refractivity contribution < 1.29 is 14.3 Å². The van der Waals surface area contributed by atoms with Crippen LogP contribution in [0.15, 0.2) is 53.5 Å². The van der Waals surface area contributed by atoms with Crippen LogP contribution in [0, 0.1) is 0 Å². The minimum absolute atomic E-state index is 0.0148. The summed E-state index contributed by atoms with van der Waals surface area (Å²) in [5.41, 5.74) is 12.4. The summed E-state index contributed by atoms with van der Waals surface area (Å²) in [5.74, 6) is -0.428. The second kappa shape index (κ2) is 10.1.